The molecule has 188 valence electrons. The first-order chi connectivity index (χ1) is 18.8. The summed E-state index contributed by atoms with van der Waals surface area (Å²) < 4.78 is 0. The van der Waals surface area contributed by atoms with Crippen molar-refractivity contribution in [2.45, 2.75) is 26.1 Å². The third kappa shape index (κ3) is 5.18. The molecule has 0 radical (unpaired) electrons. The number of dihydropyridines is 1. The first kappa shape index (κ1) is 24.7. The van der Waals surface area contributed by atoms with Crippen LogP contribution in [-0.4, -0.2) is 13.1 Å². The van der Waals surface area contributed by atoms with Gasteiger partial charge < -0.3 is 16.4 Å². The number of nitrogens with one attached hydrogen (secondary N) is 2. The molecule has 0 unspecified atom stereocenters. The van der Waals surface area contributed by atoms with Crippen LogP contribution in [0.15, 0.2) is 135 Å². The van der Waals surface area contributed by atoms with Gasteiger partial charge in [0.2, 0.25) is 0 Å². The highest BCUT2D eigenvalue weighted by molar-refractivity contribution is 8.00. The summed E-state index contributed by atoms with van der Waals surface area (Å²) in [5.74, 6) is 0. The van der Waals surface area contributed by atoms with Gasteiger partial charge in [-0.3, -0.25) is 0 Å². The van der Waals surface area contributed by atoms with E-state index in [9.17, 15) is 0 Å². The van der Waals surface area contributed by atoms with Gasteiger partial charge in [-0.15, -0.1) is 0 Å². The Morgan fingerprint density at radius 2 is 1.42 bits per heavy atom. The van der Waals surface area contributed by atoms with Crippen LogP contribution in [0.4, 0.5) is 0 Å². The third-order valence-corrected chi connectivity index (χ3v) is 8.89. The van der Waals surface area contributed by atoms with E-state index in [1.165, 1.54) is 53.0 Å². The fourth-order valence-electron chi connectivity index (χ4n) is 4.76. The summed E-state index contributed by atoms with van der Waals surface area (Å²) in [7, 11) is 0. The fourth-order valence-corrected chi connectivity index (χ4v) is 7.08. The summed E-state index contributed by atoms with van der Waals surface area (Å²) in [6.07, 6.45) is 10.3. The van der Waals surface area contributed by atoms with Gasteiger partial charge >= 0.3 is 0 Å². The molecule has 4 aromatic carbocycles. The molecule has 0 aromatic heterocycles. The number of benzene rings is 4. The van der Waals surface area contributed by atoms with Crippen LogP contribution in [0.1, 0.15) is 11.1 Å². The van der Waals surface area contributed by atoms with Crippen LogP contribution in [-0.2, 0) is 6.54 Å². The standard InChI is InChI=1S/C33H29N3S2/c34-17-7-18-35-22-23-13-15-27-28-16-14-24(29-10-5-6-19-36-29)21-33(28)38-31-12-4-2-9-26(31)25-8-1-3-11-30(25)37-32(27)20-23/h1-16,18,20-21,35-36H,17,19,22,34H2/b18-7-. The molecule has 2 heterocycles. The van der Waals surface area contributed by atoms with E-state index in [0.29, 0.717) is 6.54 Å². The van der Waals surface area contributed by atoms with E-state index in [1.54, 1.807) is 0 Å². The van der Waals surface area contributed by atoms with Crippen LogP contribution in [0, 0.1) is 0 Å². The summed E-state index contributed by atoms with van der Waals surface area (Å²) in [6, 6.07) is 31.2. The molecule has 0 amide bonds. The Bertz CT molecular complexity index is 1570. The van der Waals surface area contributed by atoms with Crippen LogP contribution in [0.3, 0.4) is 0 Å². The molecule has 6 rings (SSSR count). The smallest absolute Gasteiger partial charge is 0.0416 e. The molecule has 5 heteroatoms. The van der Waals surface area contributed by atoms with Gasteiger partial charge in [-0.25, -0.2) is 0 Å². The molecular formula is C33H29N3S2. The predicted molar refractivity (Wildman–Crippen MR) is 162 cm³/mol. The largest absolute Gasteiger partial charge is 0.387 e. The molecule has 4 N–H and O–H groups in total. The van der Waals surface area contributed by atoms with Crippen molar-refractivity contribution in [3.63, 3.8) is 0 Å². The van der Waals surface area contributed by atoms with Gasteiger partial charge in [-0.1, -0.05) is 102 Å². The highest BCUT2D eigenvalue weighted by Gasteiger charge is 2.20. The molecule has 3 nitrogen and oxygen atoms in total. The van der Waals surface area contributed by atoms with Gasteiger partial charge in [0.1, 0.15) is 0 Å². The minimum atomic E-state index is 0.532. The van der Waals surface area contributed by atoms with Gasteiger partial charge in [0, 0.05) is 44.9 Å². The van der Waals surface area contributed by atoms with E-state index in [-0.39, 0.29) is 0 Å². The predicted octanol–water partition coefficient (Wildman–Crippen LogP) is 7.70. The molecule has 0 aliphatic carbocycles. The second kappa shape index (κ2) is 11.4. The van der Waals surface area contributed by atoms with Crippen LogP contribution in [0.2, 0.25) is 0 Å². The summed E-state index contributed by atoms with van der Waals surface area (Å²) in [4.78, 5) is 5.04. The number of hydrogen-bond acceptors (Lipinski definition) is 5. The topological polar surface area (TPSA) is 50.1 Å². The Morgan fingerprint density at radius 1 is 0.763 bits per heavy atom. The lowest BCUT2D eigenvalue weighted by Crippen LogP contribution is -2.14. The SMILES string of the molecule is NC/C=C\NCc1ccc2c(c1)Sc1ccccc1-c1ccccc1Sc1cc(C3=CC=CCN3)ccc1-2. The average molecular weight is 532 g/mol. The van der Waals surface area contributed by atoms with Gasteiger partial charge in [0.15, 0.2) is 0 Å². The van der Waals surface area contributed by atoms with Crippen molar-refractivity contribution in [2.24, 2.45) is 5.73 Å². The number of allylic oxidation sites excluding steroid dienone is 2. The first-order valence-corrected chi connectivity index (χ1v) is 14.4. The molecular weight excluding hydrogens is 503 g/mol. The molecule has 0 saturated heterocycles. The Hall–Kier alpha value is -3.64. The van der Waals surface area contributed by atoms with E-state index in [4.69, 9.17) is 5.73 Å². The number of nitrogens with two attached hydrogens (primary N) is 1. The Kier molecular flexibility index (Phi) is 7.40. The highest BCUT2D eigenvalue weighted by atomic mass is 32.2. The van der Waals surface area contributed by atoms with E-state index >= 15 is 0 Å². The van der Waals surface area contributed by atoms with Crippen LogP contribution in [0.5, 0.6) is 0 Å². The zero-order valence-electron chi connectivity index (χ0n) is 21.0. The molecule has 38 heavy (non-hydrogen) atoms. The maximum atomic E-state index is 5.60. The zero-order valence-corrected chi connectivity index (χ0v) is 22.6. The van der Waals surface area contributed by atoms with Gasteiger partial charge in [0.05, 0.1) is 0 Å². The monoisotopic (exact) mass is 531 g/mol. The molecule has 0 spiro atoms. The summed E-state index contributed by atoms with van der Waals surface area (Å²) in [5.41, 5.74) is 14.2. The number of fused-ring (bicyclic) bond motifs is 6. The maximum Gasteiger partial charge on any atom is 0.0416 e. The maximum absolute atomic E-state index is 5.60. The number of rotatable bonds is 5. The lowest BCUT2D eigenvalue weighted by molar-refractivity contribution is 0.863. The van der Waals surface area contributed by atoms with E-state index in [0.717, 1.165) is 18.8 Å². The van der Waals surface area contributed by atoms with E-state index in [2.05, 4.69) is 114 Å². The molecule has 2 aliphatic rings. The second-order valence-electron chi connectivity index (χ2n) is 9.15. The lowest BCUT2D eigenvalue weighted by Gasteiger charge is -2.21. The first-order valence-electron chi connectivity index (χ1n) is 12.8. The van der Waals surface area contributed by atoms with Crippen molar-refractivity contribution in [2.75, 3.05) is 13.1 Å². The lowest BCUT2D eigenvalue weighted by atomic mass is 10.0. The average Bonchev–Trinajstić information content (AvgIpc) is 2.97. The highest BCUT2D eigenvalue weighted by Crippen LogP contribution is 2.49. The summed E-state index contributed by atoms with van der Waals surface area (Å²) >= 11 is 3.70. The molecule has 0 saturated carbocycles. The van der Waals surface area contributed by atoms with Crippen molar-refractivity contribution in [3.8, 4) is 22.3 Å². The second-order valence-corrected chi connectivity index (χ2v) is 11.3. The van der Waals surface area contributed by atoms with E-state index in [1.807, 2.05) is 35.8 Å². The van der Waals surface area contributed by atoms with Crippen LogP contribution >= 0.6 is 23.5 Å². The van der Waals surface area contributed by atoms with E-state index < -0.39 is 0 Å². The minimum absolute atomic E-state index is 0.532. The van der Waals surface area contributed by atoms with Crippen molar-refractivity contribution >= 4 is 29.2 Å². The molecule has 4 aromatic rings. The molecule has 2 aliphatic heterocycles. The molecule has 0 bridgehead atoms. The molecule has 0 fully saturated rings. The Balaban J connectivity index is 1.52. The Morgan fingerprint density at radius 3 is 2.11 bits per heavy atom. The van der Waals surface area contributed by atoms with Crippen molar-refractivity contribution in [1.29, 1.82) is 0 Å². The number of hydrogen-bond donors (Lipinski definition) is 3. The summed E-state index contributed by atoms with van der Waals surface area (Å²) in [6.45, 7) is 2.14. The quantitative estimate of drug-likeness (QED) is 0.217. The van der Waals surface area contributed by atoms with Gasteiger partial charge in [-0.2, -0.15) is 0 Å². The normalized spacial score (nSPS) is 14.0. The van der Waals surface area contributed by atoms with Gasteiger partial charge in [0.25, 0.3) is 0 Å². The molecule has 0 atom stereocenters. The third-order valence-electron chi connectivity index (χ3n) is 6.62. The van der Waals surface area contributed by atoms with Crippen molar-refractivity contribution < 1.29 is 0 Å². The Labute approximate surface area is 232 Å². The zero-order chi connectivity index (χ0) is 25.7. The van der Waals surface area contributed by atoms with Crippen LogP contribution in [0.25, 0.3) is 28.0 Å². The fraction of sp³-hybridized carbons (Fsp3) is 0.0909. The van der Waals surface area contributed by atoms with Crippen molar-refractivity contribution in [1.82, 2.24) is 10.6 Å². The summed E-state index contributed by atoms with van der Waals surface area (Å²) in [5, 5.41) is 6.88. The van der Waals surface area contributed by atoms with Crippen molar-refractivity contribution in [3.05, 3.63) is 127 Å². The minimum Gasteiger partial charge on any atom is -0.387 e. The van der Waals surface area contributed by atoms with Crippen LogP contribution < -0.4 is 16.4 Å². The van der Waals surface area contributed by atoms with Gasteiger partial charge in [-0.05, 0) is 69.9 Å².